The Kier molecular flexibility index (Phi) is 5.89. The number of aromatic nitrogens is 3. The zero-order chi connectivity index (χ0) is 22.0. The fraction of sp³-hybridized carbons (Fsp3) is 0.320. The van der Waals surface area contributed by atoms with Gasteiger partial charge in [-0.3, -0.25) is 4.79 Å². The van der Waals surface area contributed by atoms with Crippen LogP contribution in [0.25, 0.3) is 16.8 Å². The van der Waals surface area contributed by atoms with E-state index >= 15 is 0 Å². The smallest absolute Gasteiger partial charge is 0.224 e. The lowest BCUT2D eigenvalue weighted by Crippen LogP contribution is -2.34. The summed E-state index contributed by atoms with van der Waals surface area (Å²) in [6.45, 7) is 7.99. The molecular weight excluding hydrogens is 388 g/mol. The second kappa shape index (κ2) is 8.76. The molecule has 1 atom stereocenters. The second-order valence-electron chi connectivity index (χ2n) is 8.09. The summed E-state index contributed by atoms with van der Waals surface area (Å²) in [5.41, 5.74) is 6.62. The number of nitrogens with one attached hydrogen (secondary N) is 1. The molecule has 6 heteroatoms. The Labute approximate surface area is 182 Å². The lowest BCUT2D eigenvalue weighted by molar-refractivity contribution is -0.121. The SMILES string of the molecule is Cc1nc2c(-c3ccccc3)c(C)nn2c(C)c1CC(=O)N[C@H](C)CCc1ccco1. The number of carbonyl (C=O) groups excluding carboxylic acids is 1. The highest BCUT2D eigenvalue weighted by molar-refractivity contribution is 5.82. The molecule has 0 aliphatic carbocycles. The summed E-state index contributed by atoms with van der Waals surface area (Å²) in [4.78, 5) is 17.6. The van der Waals surface area contributed by atoms with Crippen LogP contribution in [0.15, 0.2) is 53.1 Å². The monoisotopic (exact) mass is 416 g/mol. The Balaban J connectivity index is 1.53. The highest BCUT2D eigenvalue weighted by Crippen LogP contribution is 2.29. The summed E-state index contributed by atoms with van der Waals surface area (Å²) >= 11 is 0. The first kappa shape index (κ1) is 20.8. The molecule has 0 saturated carbocycles. The van der Waals surface area contributed by atoms with E-state index in [0.29, 0.717) is 0 Å². The van der Waals surface area contributed by atoms with Crippen molar-refractivity contribution in [3.63, 3.8) is 0 Å². The Hall–Kier alpha value is -3.41. The predicted molar refractivity (Wildman–Crippen MR) is 121 cm³/mol. The molecule has 1 aromatic carbocycles. The Morgan fingerprint density at radius 3 is 2.58 bits per heavy atom. The van der Waals surface area contributed by atoms with E-state index < -0.39 is 0 Å². The van der Waals surface area contributed by atoms with Crippen molar-refractivity contribution < 1.29 is 9.21 Å². The van der Waals surface area contributed by atoms with Crippen LogP contribution in [0, 0.1) is 20.8 Å². The minimum Gasteiger partial charge on any atom is -0.469 e. The molecule has 3 heterocycles. The first-order chi connectivity index (χ1) is 14.9. The lowest BCUT2D eigenvalue weighted by atomic mass is 10.0. The van der Waals surface area contributed by atoms with Crippen molar-refractivity contribution in [2.24, 2.45) is 0 Å². The van der Waals surface area contributed by atoms with E-state index in [1.54, 1.807) is 6.26 Å². The van der Waals surface area contributed by atoms with Crippen LogP contribution in [0.1, 0.15) is 41.8 Å². The highest BCUT2D eigenvalue weighted by atomic mass is 16.3. The molecule has 4 rings (SSSR count). The Bertz CT molecular complexity index is 1190. The molecule has 0 aliphatic heterocycles. The van der Waals surface area contributed by atoms with Crippen LogP contribution in [0.5, 0.6) is 0 Å². The van der Waals surface area contributed by atoms with Gasteiger partial charge in [0.25, 0.3) is 0 Å². The first-order valence-electron chi connectivity index (χ1n) is 10.7. The van der Waals surface area contributed by atoms with Crippen molar-refractivity contribution in [3.05, 3.63) is 77.1 Å². The molecule has 0 unspecified atom stereocenters. The summed E-state index contributed by atoms with van der Waals surface area (Å²) in [5, 5.41) is 7.83. The largest absolute Gasteiger partial charge is 0.469 e. The van der Waals surface area contributed by atoms with E-state index in [2.05, 4.69) is 17.4 Å². The zero-order valence-corrected chi connectivity index (χ0v) is 18.5. The molecule has 1 N–H and O–H groups in total. The molecule has 160 valence electrons. The Morgan fingerprint density at radius 1 is 1.10 bits per heavy atom. The van der Waals surface area contributed by atoms with Crippen LogP contribution in [-0.2, 0) is 17.6 Å². The van der Waals surface area contributed by atoms with Crippen molar-refractivity contribution in [1.82, 2.24) is 19.9 Å². The van der Waals surface area contributed by atoms with Crippen LogP contribution < -0.4 is 5.32 Å². The zero-order valence-electron chi connectivity index (χ0n) is 18.5. The lowest BCUT2D eigenvalue weighted by Gasteiger charge is -2.15. The maximum absolute atomic E-state index is 12.7. The van der Waals surface area contributed by atoms with Crippen molar-refractivity contribution in [2.75, 3.05) is 0 Å². The van der Waals surface area contributed by atoms with Gasteiger partial charge < -0.3 is 9.73 Å². The number of nitrogens with zero attached hydrogens (tertiary/aromatic N) is 3. The predicted octanol–water partition coefficient (Wildman–Crippen LogP) is 4.59. The van der Waals surface area contributed by atoms with Gasteiger partial charge in [0.05, 0.1) is 18.4 Å². The molecule has 6 nitrogen and oxygen atoms in total. The first-order valence-corrected chi connectivity index (χ1v) is 10.7. The highest BCUT2D eigenvalue weighted by Gasteiger charge is 2.19. The van der Waals surface area contributed by atoms with Gasteiger partial charge in [0.15, 0.2) is 5.65 Å². The summed E-state index contributed by atoms with van der Waals surface area (Å²) in [7, 11) is 0. The standard InChI is InChI=1S/C25H28N4O2/c1-16(12-13-21-11-8-14-31-21)26-23(30)15-22-17(2)27-25-24(20-9-6-5-7-10-20)18(3)28-29(25)19(22)4/h5-11,14,16H,12-13,15H2,1-4H3,(H,26,30)/t16-/m1/s1. The third-order valence-electron chi connectivity index (χ3n) is 5.71. The topological polar surface area (TPSA) is 72.4 Å². The molecule has 0 fully saturated rings. The van der Waals surface area contributed by atoms with Crippen LogP contribution >= 0.6 is 0 Å². The summed E-state index contributed by atoms with van der Waals surface area (Å²) < 4.78 is 7.24. The van der Waals surface area contributed by atoms with Crippen LogP contribution in [-0.4, -0.2) is 26.5 Å². The van der Waals surface area contributed by atoms with Gasteiger partial charge in [-0.25, -0.2) is 9.50 Å². The van der Waals surface area contributed by atoms with Gasteiger partial charge in [-0.1, -0.05) is 30.3 Å². The van der Waals surface area contributed by atoms with Gasteiger partial charge in [0, 0.05) is 35.0 Å². The second-order valence-corrected chi connectivity index (χ2v) is 8.09. The molecule has 0 spiro atoms. The number of hydrogen-bond acceptors (Lipinski definition) is 4. The van der Waals surface area contributed by atoms with Crippen LogP contribution in [0.4, 0.5) is 0 Å². The molecule has 0 radical (unpaired) electrons. The minimum absolute atomic E-state index is 0.00791. The number of rotatable bonds is 7. The van der Waals surface area contributed by atoms with Crippen molar-refractivity contribution >= 4 is 11.6 Å². The number of benzene rings is 1. The molecule has 1 amide bonds. The van der Waals surface area contributed by atoms with Gasteiger partial charge >= 0.3 is 0 Å². The molecular formula is C25H28N4O2. The quantitative estimate of drug-likeness (QED) is 0.478. The molecule has 0 saturated heterocycles. The minimum atomic E-state index is -0.00791. The van der Waals surface area contributed by atoms with Crippen LogP contribution in [0.3, 0.4) is 0 Å². The Morgan fingerprint density at radius 2 is 1.87 bits per heavy atom. The van der Waals surface area contributed by atoms with E-state index in [4.69, 9.17) is 14.5 Å². The average molecular weight is 417 g/mol. The summed E-state index contributed by atoms with van der Waals surface area (Å²) in [6.07, 6.45) is 3.58. The molecule has 3 aromatic heterocycles. The molecule has 0 aliphatic rings. The summed E-state index contributed by atoms with van der Waals surface area (Å²) in [6, 6.07) is 14.1. The van der Waals surface area contributed by atoms with Gasteiger partial charge in [0.1, 0.15) is 5.76 Å². The maximum atomic E-state index is 12.7. The fourth-order valence-corrected chi connectivity index (χ4v) is 4.04. The number of hydrogen-bond donors (Lipinski definition) is 1. The van der Waals surface area contributed by atoms with Gasteiger partial charge in [-0.05, 0) is 51.8 Å². The molecule has 0 bridgehead atoms. The van der Waals surface area contributed by atoms with Crippen LogP contribution in [0.2, 0.25) is 0 Å². The number of fused-ring (bicyclic) bond motifs is 1. The average Bonchev–Trinajstić information content (AvgIpc) is 3.38. The van der Waals surface area contributed by atoms with Crippen molar-refractivity contribution in [3.8, 4) is 11.1 Å². The number of furan rings is 1. The molecule has 31 heavy (non-hydrogen) atoms. The van der Waals surface area contributed by atoms with E-state index in [-0.39, 0.29) is 18.4 Å². The normalized spacial score (nSPS) is 12.3. The third kappa shape index (κ3) is 4.38. The number of aryl methyl sites for hydroxylation is 4. The van der Waals surface area contributed by atoms with Gasteiger partial charge in [0.2, 0.25) is 5.91 Å². The molecule has 4 aromatic rings. The third-order valence-corrected chi connectivity index (χ3v) is 5.71. The number of amides is 1. The number of carbonyl (C=O) groups is 1. The summed E-state index contributed by atoms with van der Waals surface area (Å²) in [5.74, 6) is 0.928. The van der Waals surface area contributed by atoms with E-state index in [0.717, 1.165) is 58.0 Å². The maximum Gasteiger partial charge on any atom is 0.224 e. The van der Waals surface area contributed by atoms with Crippen molar-refractivity contribution in [1.29, 1.82) is 0 Å². The van der Waals surface area contributed by atoms with Gasteiger partial charge in [-0.15, -0.1) is 0 Å². The van der Waals surface area contributed by atoms with E-state index in [1.807, 2.05) is 62.5 Å². The fourth-order valence-electron chi connectivity index (χ4n) is 4.04. The van der Waals surface area contributed by atoms with Crippen molar-refractivity contribution in [2.45, 2.75) is 53.0 Å². The van der Waals surface area contributed by atoms with E-state index in [9.17, 15) is 4.79 Å². The van der Waals surface area contributed by atoms with E-state index in [1.165, 1.54) is 0 Å². The van der Waals surface area contributed by atoms with Gasteiger partial charge in [-0.2, -0.15) is 5.10 Å².